The Balaban J connectivity index is 2.28. The van der Waals surface area contributed by atoms with Crippen molar-refractivity contribution in [1.82, 2.24) is 0 Å². The first kappa shape index (κ1) is 14.5. The van der Waals surface area contributed by atoms with Crippen molar-refractivity contribution in [3.05, 3.63) is 70.3 Å². The van der Waals surface area contributed by atoms with Gasteiger partial charge in [-0.05, 0) is 47.9 Å². The van der Waals surface area contributed by atoms with E-state index in [1.807, 2.05) is 0 Å². The van der Waals surface area contributed by atoms with Gasteiger partial charge in [0.2, 0.25) is 0 Å². The van der Waals surface area contributed by atoms with Gasteiger partial charge in [0.1, 0.15) is 5.82 Å². The Labute approximate surface area is 113 Å². The van der Waals surface area contributed by atoms with Crippen LogP contribution in [0.15, 0.2) is 30.3 Å². The first-order valence-electron chi connectivity index (χ1n) is 5.96. The molecular formula is C15H12F4O. The van der Waals surface area contributed by atoms with Gasteiger partial charge in [-0.3, -0.25) is 0 Å². The van der Waals surface area contributed by atoms with Gasteiger partial charge in [-0.15, -0.1) is 0 Å². The lowest BCUT2D eigenvalue weighted by molar-refractivity contribution is 0.177. The van der Waals surface area contributed by atoms with E-state index in [1.165, 1.54) is 12.1 Å². The fourth-order valence-corrected chi connectivity index (χ4v) is 1.95. The normalized spacial score (nSPS) is 12.5. The molecule has 2 aromatic carbocycles. The molecule has 0 spiro atoms. The van der Waals surface area contributed by atoms with Crippen LogP contribution < -0.4 is 0 Å². The number of rotatable bonds is 3. The van der Waals surface area contributed by atoms with Gasteiger partial charge in [0.05, 0.1) is 6.10 Å². The lowest BCUT2D eigenvalue weighted by atomic mass is 9.98. The number of aliphatic hydroxyl groups is 1. The van der Waals surface area contributed by atoms with Crippen LogP contribution >= 0.6 is 0 Å². The first-order valence-corrected chi connectivity index (χ1v) is 5.96. The Morgan fingerprint density at radius 2 is 1.60 bits per heavy atom. The molecule has 1 nitrogen and oxygen atoms in total. The number of benzene rings is 2. The Kier molecular flexibility index (Phi) is 4.09. The van der Waals surface area contributed by atoms with E-state index < -0.39 is 29.4 Å². The summed E-state index contributed by atoms with van der Waals surface area (Å²) in [5.41, 5.74) is 1.17. The van der Waals surface area contributed by atoms with Gasteiger partial charge in [0.15, 0.2) is 17.5 Å². The van der Waals surface area contributed by atoms with Crippen molar-refractivity contribution >= 4 is 0 Å². The fourth-order valence-electron chi connectivity index (χ4n) is 1.95. The summed E-state index contributed by atoms with van der Waals surface area (Å²) < 4.78 is 52.2. The number of halogens is 4. The molecule has 1 N–H and O–H groups in total. The molecule has 0 aliphatic carbocycles. The lowest BCUT2D eigenvalue weighted by Crippen LogP contribution is -2.06. The van der Waals surface area contributed by atoms with Crippen LogP contribution in [0.5, 0.6) is 0 Å². The smallest absolute Gasteiger partial charge is 0.194 e. The molecule has 2 rings (SSSR count). The maximum absolute atomic E-state index is 13.1. The van der Waals surface area contributed by atoms with Gasteiger partial charge in [-0.1, -0.05) is 6.07 Å². The molecule has 20 heavy (non-hydrogen) atoms. The summed E-state index contributed by atoms with van der Waals surface area (Å²) in [4.78, 5) is 0. The molecule has 106 valence electrons. The number of aryl methyl sites for hydroxylation is 1. The zero-order valence-electron chi connectivity index (χ0n) is 10.6. The highest BCUT2D eigenvalue weighted by atomic mass is 19.2. The van der Waals surface area contributed by atoms with Crippen LogP contribution in [0.2, 0.25) is 0 Å². The summed E-state index contributed by atoms with van der Waals surface area (Å²) in [6.07, 6.45) is -1.27. The monoisotopic (exact) mass is 284 g/mol. The predicted molar refractivity (Wildman–Crippen MR) is 66.1 cm³/mol. The van der Waals surface area contributed by atoms with Crippen molar-refractivity contribution in [1.29, 1.82) is 0 Å². The lowest BCUT2D eigenvalue weighted by Gasteiger charge is -2.13. The zero-order chi connectivity index (χ0) is 14.9. The SMILES string of the molecule is Cc1ccc(F)cc1CC(O)c1cc(F)c(F)c(F)c1. The maximum Gasteiger partial charge on any atom is 0.194 e. The molecule has 0 radical (unpaired) electrons. The minimum Gasteiger partial charge on any atom is -0.388 e. The van der Waals surface area contributed by atoms with Crippen LogP contribution in [-0.4, -0.2) is 5.11 Å². The number of hydrogen-bond acceptors (Lipinski definition) is 1. The summed E-state index contributed by atoms with van der Waals surface area (Å²) in [5, 5.41) is 9.95. The number of aliphatic hydroxyl groups excluding tert-OH is 1. The Bertz CT molecular complexity index is 617. The molecule has 0 saturated heterocycles. The van der Waals surface area contributed by atoms with Crippen molar-refractivity contribution in [3.63, 3.8) is 0 Å². The molecule has 0 aliphatic heterocycles. The van der Waals surface area contributed by atoms with E-state index in [9.17, 15) is 22.7 Å². The van der Waals surface area contributed by atoms with E-state index in [2.05, 4.69) is 0 Å². The van der Waals surface area contributed by atoms with Crippen molar-refractivity contribution < 1.29 is 22.7 Å². The average molecular weight is 284 g/mol. The topological polar surface area (TPSA) is 20.2 Å². The van der Waals surface area contributed by atoms with E-state index >= 15 is 0 Å². The highest BCUT2D eigenvalue weighted by Gasteiger charge is 2.17. The molecule has 1 atom stereocenters. The third kappa shape index (κ3) is 2.99. The molecule has 0 bridgehead atoms. The Morgan fingerprint density at radius 1 is 1.00 bits per heavy atom. The Morgan fingerprint density at radius 3 is 2.20 bits per heavy atom. The molecule has 0 aliphatic rings. The molecule has 5 heteroatoms. The molecular weight excluding hydrogens is 272 g/mol. The molecule has 0 amide bonds. The van der Waals surface area contributed by atoms with Gasteiger partial charge < -0.3 is 5.11 Å². The second-order valence-electron chi connectivity index (χ2n) is 4.59. The largest absolute Gasteiger partial charge is 0.388 e. The Hall–Kier alpha value is -1.88. The van der Waals surface area contributed by atoms with Gasteiger partial charge >= 0.3 is 0 Å². The van der Waals surface area contributed by atoms with Gasteiger partial charge in [0, 0.05) is 6.42 Å². The van der Waals surface area contributed by atoms with Crippen LogP contribution in [0.3, 0.4) is 0 Å². The fraction of sp³-hybridized carbons (Fsp3) is 0.200. The minimum atomic E-state index is -1.58. The second kappa shape index (κ2) is 5.63. The van der Waals surface area contributed by atoms with Gasteiger partial charge in [-0.2, -0.15) is 0 Å². The summed E-state index contributed by atoms with van der Waals surface area (Å²) in [5.74, 6) is -4.78. The molecule has 0 fully saturated rings. The molecule has 2 aromatic rings. The third-order valence-corrected chi connectivity index (χ3v) is 3.12. The predicted octanol–water partition coefficient (Wildman–Crippen LogP) is 3.83. The van der Waals surface area contributed by atoms with Crippen LogP contribution in [0.1, 0.15) is 22.8 Å². The maximum atomic E-state index is 13.1. The molecule has 0 aromatic heterocycles. The van der Waals surface area contributed by atoms with E-state index in [-0.39, 0.29) is 12.0 Å². The third-order valence-electron chi connectivity index (χ3n) is 3.12. The van der Waals surface area contributed by atoms with Crippen LogP contribution in [0.25, 0.3) is 0 Å². The summed E-state index contributed by atoms with van der Waals surface area (Å²) in [7, 11) is 0. The van der Waals surface area contributed by atoms with Crippen molar-refractivity contribution in [3.8, 4) is 0 Å². The van der Waals surface area contributed by atoms with Crippen LogP contribution in [0.4, 0.5) is 17.6 Å². The number of hydrogen-bond donors (Lipinski definition) is 1. The van der Waals surface area contributed by atoms with E-state index in [4.69, 9.17) is 0 Å². The molecule has 0 heterocycles. The second-order valence-corrected chi connectivity index (χ2v) is 4.59. The van der Waals surface area contributed by atoms with Crippen molar-refractivity contribution in [2.45, 2.75) is 19.4 Å². The summed E-state index contributed by atoms with van der Waals surface area (Å²) >= 11 is 0. The first-order chi connectivity index (χ1) is 9.38. The highest BCUT2D eigenvalue weighted by molar-refractivity contribution is 5.29. The molecule has 1 unspecified atom stereocenters. The average Bonchev–Trinajstić information content (AvgIpc) is 2.39. The quantitative estimate of drug-likeness (QED) is 0.671. The van der Waals surface area contributed by atoms with Crippen molar-refractivity contribution in [2.24, 2.45) is 0 Å². The highest BCUT2D eigenvalue weighted by Crippen LogP contribution is 2.24. The van der Waals surface area contributed by atoms with Crippen LogP contribution in [0, 0.1) is 30.2 Å². The van der Waals surface area contributed by atoms with Gasteiger partial charge in [0.25, 0.3) is 0 Å². The summed E-state index contributed by atoms with van der Waals surface area (Å²) in [6, 6.07) is 5.54. The van der Waals surface area contributed by atoms with Gasteiger partial charge in [-0.25, -0.2) is 17.6 Å². The van der Waals surface area contributed by atoms with Crippen molar-refractivity contribution in [2.75, 3.05) is 0 Å². The van der Waals surface area contributed by atoms with Crippen LogP contribution in [-0.2, 0) is 6.42 Å². The van der Waals surface area contributed by atoms with E-state index in [1.54, 1.807) is 13.0 Å². The zero-order valence-corrected chi connectivity index (χ0v) is 10.6. The minimum absolute atomic E-state index is 0.0197. The molecule has 0 saturated carbocycles. The van der Waals surface area contributed by atoms with E-state index in [0.717, 1.165) is 17.7 Å². The summed E-state index contributed by atoms with van der Waals surface area (Å²) in [6.45, 7) is 1.73. The standard InChI is InChI=1S/C15H12F4O/c1-8-2-3-11(16)4-9(8)7-14(20)10-5-12(17)15(19)13(18)6-10/h2-6,14,20H,7H2,1H3. The van der Waals surface area contributed by atoms with E-state index in [0.29, 0.717) is 5.56 Å².